The summed E-state index contributed by atoms with van der Waals surface area (Å²) in [7, 11) is 0. The van der Waals surface area contributed by atoms with Gasteiger partial charge < -0.3 is 5.21 Å². The molecule has 0 saturated heterocycles. The molecule has 0 aromatic heterocycles. The molecule has 0 heterocycles. The van der Waals surface area contributed by atoms with Crippen LogP contribution in [0.3, 0.4) is 0 Å². The third-order valence-electron chi connectivity index (χ3n) is 1.10. The van der Waals surface area contributed by atoms with Crippen molar-refractivity contribution in [1.29, 1.82) is 0 Å². The lowest BCUT2D eigenvalue weighted by atomic mass is 10.2. The van der Waals surface area contributed by atoms with Crippen LogP contribution >= 0.6 is 24.0 Å². The second-order valence-electron chi connectivity index (χ2n) is 1.76. The van der Waals surface area contributed by atoms with Gasteiger partial charge in [0.25, 0.3) is 0 Å². The van der Waals surface area contributed by atoms with Crippen molar-refractivity contribution in [3.63, 3.8) is 0 Å². The average Bonchev–Trinajstić information content (AvgIpc) is 2.05. The third kappa shape index (κ3) is 2.78. The third-order valence-corrected chi connectivity index (χ3v) is 1.39. The Morgan fingerprint density at radius 1 is 1.27 bits per heavy atom. The van der Waals surface area contributed by atoms with E-state index >= 15 is 0 Å². The summed E-state index contributed by atoms with van der Waals surface area (Å²) < 4.78 is 0. The molecule has 1 rings (SSSR count). The van der Waals surface area contributed by atoms with E-state index in [4.69, 9.17) is 16.8 Å². The highest BCUT2D eigenvalue weighted by Gasteiger charge is 1.95. The Bertz CT molecular complexity index is 235. The lowest BCUT2D eigenvalue weighted by Gasteiger charge is -1.91. The van der Waals surface area contributed by atoms with Gasteiger partial charge in [0.2, 0.25) is 0 Å². The molecule has 0 fully saturated rings. The first-order valence-electron chi connectivity index (χ1n) is 2.77. The van der Waals surface area contributed by atoms with E-state index in [1.54, 1.807) is 12.1 Å². The molecule has 0 spiro atoms. The first-order chi connectivity index (χ1) is 4.84. The maximum atomic E-state index is 8.24. The van der Waals surface area contributed by atoms with Crippen LogP contribution in [0.15, 0.2) is 35.5 Å². The van der Waals surface area contributed by atoms with Gasteiger partial charge in [-0.15, -0.1) is 12.4 Å². The molecular weight excluding hydrogens is 185 g/mol. The summed E-state index contributed by atoms with van der Waals surface area (Å²) in [6.07, 6.45) is 0. The van der Waals surface area contributed by atoms with Crippen molar-refractivity contribution in [1.82, 2.24) is 0 Å². The Balaban J connectivity index is 0.000001000. The number of halogens is 2. The molecule has 0 radical (unpaired) electrons. The number of rotatable bonds is 1. The van der Waals surface area contributed by atoms with Crippen molar-refractivity contribution >= 4 is 29.2 Å². The van der Waals surface area contributed by atoms with Gasteiger partial charge in [-0.1, -0.05) is 47.1 Å². The summed E-state index contributed by atoms with van der Waals surface area (Å²) in [6, 6.07) is 9.04. The Kier molecular flexibility index (Phi) is 4.66. The summed E-state index contributed by atoms with van der Waals surface area (Å²) in [6.45, 7) is 0. The van der Waals surface area contributed by atoms with Crippen molar-refractivity contribution in [2.45, 2.75) is 0 Å². The van der Waals surface area contributed by atoms with Gasteiger partial charge in [0.1, 0.15) is 0 Å². The predicted molar refractivity (Wildman–Crippen MR) is 47.9 cm³/mol. The molecule has 0 aliphatic rings. The van der Waals surface area contributed by atoms with Crippen molar-refractivity contribution in [3.8, 4) is 0 Å². The van der Waals surface area contributed by atoms with E-state index in [0.29, 0.717) is 5.56 Å². The van der Waals surface area contributed by atoms with E-state index < -0.39 is 0 Å². The van der Waals surface area contributed by atoms with Gasteiger partial charge in [-0.25, -0.2) is 0 Å². The van der Waals surface area contributed by atoms with Crippen LogP contribution < -0.4 is 0 Å². The number of benzene rings is 1. The molecule has 0 amide bonds. The van der Waals surface area contributed by atoms with E-state index in [1.807, 2.05) is 18.2 Å². The number of hydrogen-bond donors (Lipinski definition) is 1. The largest absolute Gasteiger partial charge is 0.410 e. The van der Waals surface area contributed by atoms with E-state index in [0.717, 1.165) is 0 Å². The fourth-order valence-corrected chi connectivity index (χ4v) is 0.759. The van der Waals surface area contributed by atoms with Gasteiger partial charge in [-0.2, -0.15) is 0 Å². The second kappa shape index (κ2) is 4.99. The molecule has 0 bridgehead atoms. The van der Waals surface area contributed by atoms with Gasteiger partial charge in [-0.3, -0.25) is 0 Å². The lowest BCUT2D eigenvalue weighted by Crippen LogP contribution is -1.88. The maximum Gasteiger partial charge on any atom is 0.175 e. The fraction of sp³-hybridized carbons (Fsp3) is 0. The van der Waals surface area contributed by atoms with Crippen molar-refractivity contribution in [3.05, 3.63) is 35.9 Å². The lowest BCUT2D eigenvalue weighted by molar-refractivity contribution is 0.321. The number of nitrogens with zero attached hydrogens (tertiary/aromatic N) is 1. The van der Waals surface area contributed by atoms with E-state index in [-0.39, 0.29) is 17.6 Å². The highest BCUT2D eigenvalue weighted by molar-refractivity contribution is 6.69. The normalized spacial score (nSPS) is 10.5. The first-order valence-corrected chi connectivity index (χ1v) is 3.15. The van der Waals surface area contributed by atoms with Crippen molar-refractivity contribution < 1.29 is 5.21 Å². The summed E-state index contributed by atoms with van der Waals surface area (Å²) in [5, 5.41) is 11.2. The fourth-order valence-electron chi connectivity index (χ4n) is 0.633. The molecule has 0 aliphatic carbocycles. The molecule has 0 atom stereocenters. The molecular formula is C7H7Cl2NO. The van der Waals surface area contributed by atoms with Crippen molar-refractivity contribution in [2.24, 2.45) is 5.16 Å². The molecule has 0 aliphatic heterocycles. The molecule has 1 aromatic rings. The minimum atomic E-state index is 0. The van der Waals surface area contributed by atoms with Crippen LogP contribution in [0.4, 0.5) is 0 Å². The smallest absolute Gasteiger partial charge is 0.175 e. The van der Waals surface area contributed by atoms with Gasteiger partial charge >= 0.3 is 0 Å². The predicted octanol–water partition coefficient (Wildman–Crippen LogP) is 2.48. The zero-order valence-corrected chi connectivity index (χ0v) is 7.14. The van der Waals surface area contributed by atoms with E-state index in [9.17, 15) is 0 Å². The SMILES string of the molecule is Cl.ON=C(Cl)c1ccccc1. The Morgan fingerprint density at radius 3 is 2.27 bits per heavy atom. The van der Waals surface area contributed by atoms with Crippen molar-refractivity contribution in [2.75, 3.05) is 0 Å². The summed E-state index contributed by atoms with van der Waals surface area (Å²) >= 11 is 5.49. The summed E-state index contributed by atoms with van der Waals surface area (Å²) in [5.41, 5.74) is 0.715. The maximum absolute atomic E-state index is 8.24. The van der Waals surface area contributed by atoms with E-state index in [1.165, 1.54) is 0 Å². The van der Waals surface area contributed by atoms with Gasteiger partial charge in [0.05, 0.1) is 0 Å². The topological polar surface area (TPSA) is 32.6 Å². The molecule has 11 heavy (non-hydrogen) atoms. The minimum Gasteiger partial charge on any atom is -0.410 e. The second-order valence-corrected chi connectivity index (χ2v) is 2.11. The first kappa shape index (κ1) is 10.3. The zero-order valence-electron chi connectivity index (χ0n) is 5.57. The number of oxime groups is 1. The van der Waals surface area contributed by atoms with Crippen LogP contribution in [-0.2, 0) is 0 Å². The Labute approximate surface area is 75.9 Å². The molecule has 1 N–H and O–H groups in total. The average molecular weight is 192 g/mol. The summed E-state index contributed by atoms with van der Waals surface area (Å²) in [5.74, 6) is 0. The molecule has 0 unspecified atom stereocenters. The Morgan fingerprint density at radius 2 is 1.82 bits per heavy atom. The molecule has 2 nitrogen and oxygen atoms in total. The summed E-state index contributed by atoms with van der Waals surface area (Å²) in [4.78, 5) is 0. The number of hydrogen-bond acceptors (Lipinski definition) is 2. The highest BCUT2D eigenvalue weighted by Crippen LogP contribution is 2.02. The minimum absolute atomic E-state index is 0. The monoisotopic (exact) mass is 191 g/mol. The van der Waals surface area contributed by atoms with Crippen LogP contribution in [0, 0.1) is 0 Å². The van der Waals surface area contributed by atoms with Gasteiger partial charge in [0.15, 0.2) is 5.17 Å². The van der Waals surface area contributed by atoms with Crippen LogP contribution in [0.25, 0.3) is 0 Å². The molecule has 0 saturated carbocycles. The van der Waals surface area contributed by atoms with Crippen LogP contribution in [0.2, 0.25) is 0 Å². The zero-order chi connectivity index (χ0) is 7.40. The quantitative estimate of drug-likeness (QED) is 0.413. The standard InChI is InChI=1S/C7H6ClNO.ClH/c8-7(9-10)6-4-2-1-3-5-6;/h1-5,10H;1H. The van der Waals surface area contributed by atoms with E-state index in [2.05, 4.69) is 5.16 Å². The van der Waals surface area contributed by atoms with Crippen LogP contribution in [-0.4, -0.2) is 10.4 Å². The molecule has 4 heteroatoms. The van der Waals surface area contributed by atoms with Crippen LogP contribution in [0.5, 0.6) is 0 Å². The Hall–Kier alpha value is -0.730. The molecule has 60 valence electrons. The van der Waals surface area contributed by atoms with Gasteiger partial charge in [-0.05, 0) is 0 Å². The van der Waals surface area contributed by atoms with Gasteiger partial charge in [0, 0.05) is 5.56 Å². The molecule has 1 aromatic carbocycles. The van der Waals surface area contributed by atoms with Crippen LogP contribution in [0.1, 0.15) is 5.56 Å². The highest BCUT2D eigenvalue weighted by atomic mass is 35.5.